The first-order valence-electron chi connectivity index (χ1n) is 9.54. The zero-order valence-corrected chi connectivity index (χ0v) is 18.1. The zero-order chi connectivity index (χ0) is 21.5. The van der Waals surface area contributed by atoms with Crippen LogP contribution in [-0.2, 0) is 9.53 Å². The van der Waals surface area contributed by atoms with Gasteiger partial charge in [-0.3, -0.25) is 0 Å². The molecule has 2 aromatic carbocycles. The molecule has 0 bridgehead atoms. The highest BCUT2D eigenvalue weighted by Crippen LogP contribution is 2.32. The van der Waals surface area contributed by atoms with Crippen LogP contribution in [0.25, 0.3) is 10.2 Å². The van der Waals surface area contributed by atoms with Crippen LogP contribution >= 0.6 is 11.3 Å². The minimum atomic E-state index is -0.366. The summed E-state index contributed by atoms with van der Waals surface area (Å²) in [5.74, 6) is 0.426. The van der Waals surface area contributed by atoms with Crippen molar-refractivity contribution in [2.75, 3.05) is 31.7 Å². The number of rotatable bonds is 9. The van der Waals surface area contributed by atoms with Crippen LogP contribution in [0.4, 0.5) is 16.5 Å². The smallest absolute Gasteiger partial charge is 0.333 e. The minimum Gasteiger partial charge on any atom is -0.497 e. The Kier molecular flexibility index (Phi) is 7.13. The van der Waals surface area contributed by atoms with E-state index in [4.69, 9.17) is 9.47 Å². The lowest BCUT2D eigenvalue weighted by Crippen LogP contribution is -2.28. The fourth-order valence-electron chi connectivity index (χ4n) is 2.73. The lowest BCUT2D eigenvalue weighted by Gasteiger charge is -2.22. The van der Waals surface area contributed by atoms with E-state index in [-0.39, 0.29) is 5.97 Å². The van der Waals surface area contributed by atoms with Crippen LogP contribution in [-0.4, -0.2) is 37.8 Å². The van der Waals surface area contributed by atoms with Crippen molar-refractivity contribution < 1.29 is 14.3 Å². The van der Waals surface area contributed by atoms with E-state index in [1.165, 1.54) is 11.3 Å². The van der Waals surface area contributed by atoms with E-state index in [1.54, 1.807) is 14.0 Å². The number of methoxy groups -OCH3 is 1. The van der Waals surface area contributed by atoms with Crippen molar-refractivity contribution in [2.45, 2.75) is 13.8 Å². The third-order valence-electron chi connectivity index (χ3n) is 4.37. The van der Waals surface area contributed by atoms with E-state index in [1.807, 2.05) is 42.5 Å². The number of ether oxygens (including phenoxy) is 2. The van der Waals surface area contributed by atoms with Crippen LogP contribution in [0.1, 0.15) is 13.8 Å². The van der Waals surface area contributed by atoms with Gasteiger partial charge in [0.1, 0.15) is 12.4 Å². The lowest BCUT2D eigenvalue weighted by molar-refractivity contribution is -0.138. The molecule has 0 fully saturated rings. The van der Waals surface area contributed by atoms with E-state index < -0.39 is 0 Å². The molecule has 0 spiro atoms. The maximum atomic E-state index is 11.5. The van der Waals surface area contributed by atoms with Gasteiger partial charge in [0, 0.05) is 17.8 Å². The highest BCUT2D eigenvalue weighted by molar-refractivity contribution is 7.21. The predicted molar refractivity (Wildman–Crippen MR) is 120 cm³/mol. The first kappa shape index (κ1) is 21.4. The molecule has 3 rings (SSSR count). The summed E-state index contributed by atoms with van der Waals surface area (Å²) in [6.45, 7) is 8.98. The van der Waals surface area contributed by atoms with Crippen molar-refractivity contribution >= 4 is 44.0 Å². The molecule has 3 aromatic rings. The number of azo groups is 1. The van der Waals surface area contributed by atoms with Crippen molar-refractivity contribution in [2.24, 2.45) is 10.2 Å². The SMILES string of the molecule is C=C(C)C(=O)OCCN(CC)c1ccc(/N=N/c2nc3ccc(OC)cc3s2)cc1. The van der Waals surface area contributed by atoms with Gasteiger partial charge < -0.3 is 14.4 Å². The molecule has 0 unspecified atom stereocenters. The number of aromatic nitrogens is 1. The molecule has 0 atom stereocenters. The van der Waals surface area contributed by atoms with Crippen LogP contribution in [0.5, 0.6) is 5.75 Å². The number of carbonyl (C=O) groups is 1. The third kappa shape index (κ3) is 5.42. The molecule has 8 heteroatoms. The molecule has 7 nitrogen and oxygen atoms in total. The van der Waals surface area contributed by atoms with E-state index in [0.717, 1.165) is 33.9 Å². The normalized spacial score (nSPS) is 11.0. The first-order chi connectivity index (χ1) is 14.5. The average molecular weight is 425 g/mol. The number of nitrogens with zero attached hydrogens (tertiary/aromatic N) is 4. The van der Waals surface area contributed by atoms with Gasteiger partial charge in [0.15, 0.2) is 0 Å². The topological polar surface area (TPSA) is 76.4 Å². The lowest BCUT2D eigenvalue weighted by atomic mass is 10.2. The second-order valence-corrected chi connectivity index (χ2v) is 7.55. The Morgan fingerprint density at radius 3 is 2.63 bits per heavy atom. The highest BCUT2D eigenvalue weighted by atomic mass is 32.1. The Morgan fingerprint density at radius 2 is 1.97 bits per heavy atom. The van der Waals surface area contributed by atoms with Crippen LogP contribution in [0.2, 0.25) is 0 Å². The van der Waals surface area contributed by atoms with E-state index in [2.05, 4.69) is 33.6 Å². The second kappa shape index (κ2) is 9.98. The van der Waals surface area contributed by atoms with Gasteiger partial charge in [0.25, 0.3) is 0 Å². The predicted octanol–water partition coefficient (Wildman–Crippen LogP) is 5.67. The van der Waals surface area contributed by atoms with Crippen LogP contribution in [0.3, 0.4) is 0 Å². The standard InChI is InChI=1S/C22H24N4O3S/c1-5-26(12-13-29-21(27)15(2)3)17-8-6-16(7-9-17)24-25-22-23-19-11-10-18(28-4)14-20(19)30-22/h6-11,14H,2,5,12-13H2,1,3-4H3/b25-24+. The summed E-state index contributed by atoms with van der Waals surface area (Å²) in [5, 5.41) is 9.15. The molecule has 156 valence electrons. The number of fused-ring (bicyclic) bond motifs is 1. The van der Waals surface area contributed by atoms with Crippen LogP contribution in [0.15, 0.2) is 64.8 Å². The maximum Gasteiger partial charge on any atom is 0.333 e. The molecule has 0 saturated carbocycles. The minimum absolute atomic E-state index is 0.309. The number of carbonyl (C=O) groups excluding carboxylic acids is 1. The van der Waals surface area contributed by atoms with Gasteiger partial charge in [-0.2, -0.15) is 0 Å². The number of benzene rings is 2. The first-order valence-corrected chi connectivity index (χ1v) is 10.4. The summed E-state index contributed by atoms with van der Waals surface area (Å²) in [4.78, 5) is 18.1. The van der Waals surface area contributed by atoms with Crippen molar-refractivity contribution in [1.82, 2.24) is 4.98 Å². The molecule has 30 heavy (non-hydrogen) atoms. The molecule has 0 amide bonds. The van der Waals surface area contributed by atoms with Crippen LogP contribution < -0.4 is 9.64 Å². The molecule has 0 saturated heterocycles. The number of hydrogen-bond acceptors (Lipinski definition) is 8. The summed E-state index contributed by atoms with van der Waals surface area (Å²) in [6, 6.07) is 13.5. The van der Waals surface area contributed by atoms with E-state index in [9.17, 15) is 4.79 Å². The van der Waals surface area contributed by atoms with E-state index in [0.29, 0.717) is 23.9 Å². The Bertz CT molecular complexity index is 1060. The van der Waals surface area contributed by atoms with Crippen molar-refractivity contribution in [1.29, 1.82) is 0 Å². The largest absolute Gasteiger partial charge is 0.497 e. The maximum absolute atomic E-state index is 11.5. The highest BCUT2D eigenvalue weighted by Gasteiger charge is 2.08. The summed E-state index contributed by atoms with van der Waals surface area (Å²) >= 11 is 1.46. The van der Waals surface area contributed by atoms with E-state index >= 15 is 0 Å². The molecule has 1 aromatic heterocycles. The van der Waals surface area contributed by atoms with Gasteiger partial charge >= 0.3 is 5.97 Å². The second-order valence-electron chi connectivity index (χ2n) is 6.54. The van der Waals surface area contributed by atoms with Gasteiger partial charge in [0.2, 0.25) is 5.13 Å². The molecule has 0 N–H and O–H groups in total. The van der Waals surface area contributed by atoms with Gasteiger partial charge in [0.05, 0.1) is 29.6 Å². The Hall–Kier alpha value is -3.26. The van der Waals surface area contributed by atoms with Crippen molar-refractivity contribution in [3.63, 3.8) is 0 Å². The molecule has 1 heterocycles. The molecular formula is C22H24N4O3S. The summed E-state index contributed by atoms with van der Waals surface area (Å²) in [7, 11) is 1.64. The molecule has 0 aliphatic heterocycles. The average Bonchev–Trinajstić information content (AvgIpc) is 3.17. The molecule has 0 radical (unpaired) electrons. The third-order valence-corrected chi connectivity index (χ3v) is 5.28. The Labute approximate surface area is 179 Å². The van der Waals surface area contributed by atoms with Gasteiger partial charge in [-0.15, -0.1) is 10.2 Å². The summed E-state index contributed by atoms with van der Waals surface area (Å²) in [6.07, 6.45) is 0. The summed E-state index contributed by atoms with van der Waals surface area (Å²) < 4.78 is 11.4. The molecule has 0 aliphatic rings. The molecule has 0 aliphatic carbocycles. The number of thiazole rings is 1. The van der Waals surface area contributed by atoms with Gasteiger partial charge in [-0.1, -0.05) is 17.9 Å². The van der Waals surface area contributed by atoms with Crippen LogP contribution in [0, 0.1) is 0 Å². The number of hydrogen-bond donors (Lipinski definition) is 0. The fourth-order valence-corrected chi connectivity index (χ4v) is 3.55. The number of likely N-dealkylation sites (N-methyl/N-ethyl adjacent to an activating group) is 1. The monoisotopic (exact) mass is 424 g/mol. The number of anilines is 1. The fraction of sp³-hybridized carbons (Fsp3) is 0.273. The number of esters is 1. The quantitative estimate of drug-likeness (QED) is 0.251. The Morgan fingerprint density at radius 1 is 1.20 bits per heavy atom. The Balaban J connectivity index is 1.63. The zero-order valence-electron chi connectivity index (χ0n) is 17.3. The van der Waals surface area contributed by atoms with Crippen molar-refractivity contribution in [3.8, 4) is 5.75 Å². The van der Waals surface area contributed by atoms with Crippen molar-refractivity contribution in [3.05, 3.63) is 54.6 Å². The van der Waals surface area contributed by atoms with Gasteiger partial charge in [-0.25, -0.2) is 9.78 Å². The molecular weight excluding hydrogens is 400 g/mol. The summed E-state index contributed by atoms with van der Waals surface area (Å²) in [5.41, 5.74) is 3.03. The van der Waals surface area contributed by atoms with Gasteiger partial charge in [-0.05, 0) is 56.3 Å².